The summed E-state index contributed by atoms with van der Waals surface area (Å²) in [6.45, 7) is 0. The van der Waals surface area contributed by atoms with Gasteiger partial charge in [0.05, 0.1) is 0 Å². The molecule has 1 fully saturated rings. The minimum atomic E-state index is 0.946. The molecule has 0 heteroatoms. The van der Waals surface area contributed by atoms with Crippen LogP contribution in [0.5, 0.6) is 0 Å². The Balaban J connectivity index is 1.72. The van der Waals surface area contributed by atoms with E-state index < -0.39 is 0 Å². The fourth-order valence-electron chi connectivity index (χ4n) is 2.88. The van der Waals surface area contributed by atoms with Gasteiger partial charge in [-0.25, -0.2) is 0 Å². The minimum absolute atomic E-state index is 0.946. The van der Waals surface area contributed by atoms with Gasteiger partial charge in [-0.3, -0.25) is 0 Å². The van der Waals surface area contributed by atoms with Crippen molar-refractivity contribution in [1.82, 2.24) is 0 Å². The number of hydrogen-bond donors (Lipinski definition) is 0. The Morgan fingerprint density at radius 1 is 0.941 bits per heavy atom. The smallest absolute Gasteiger partial charge is 0.00901 e. The minimum Gasteiger partial charge on any atom is -0.0616 e. The molecule has 1 radical (unpaired) electrons. The van der Waals surface area contributed by atoms with Crippen LogP contribution in [0.15, 0.2) is 42.5 Å². The van der Waals surface area contributed by atoms with E-state index in [1.807, 2.05) is 0 Å². The molecule has 1 aliphatic rings. The molecule has 0 spiro atoms. The zero-order valence-electron chi connectivity index (χ0n) is 10.2. The summed E-state index contributed by atoms with van der Waals surface area (Å²) >= 11 is 0. The summed E-state index contributed by atoms with van der Waals surface area (Å²) in [4.78, 5) is 0. The van der Waals surface area contributed by atoms with Crippen LogP contribution in [0.25, 0.3) is 10.8 Å². The maximum Gasteiger partial charge on any atom is -0.00901 e. The van der Waals surface area contributed by atoms with Crippen LogP contribution >= 0.6 is 0 Å². The van der Waals surface area contributed by atoms with Crippen LogP contribution in [0.2, 0.25) is 0 Å². The number of rotatable bonds is 3. The zero-order valence-corrected chi connectivity index (χ0v) is 10.2. The van der Waals surface area contributed by atoms with Crippen molar-refractivity contribution < 1.29 is 0 Å². The van der Waals surface area contributed by atoms with E-state index in [1.54, 1.807) is 0 Å². The van der Waals surface area contributed by atoms with Gasteiger partial charge in [0.1, 0.15) is 0 Å². The largest absolute Gasteiger partial charge is 0.0616 e. The molecule has 1 saturated carbocycles. The number of benzene rings is 2. The van der Waals surface area contributed by atoms with Crippen molar-refractivity contribution >= 4 is 10.8 Å². The van der Waals surface area contributed by atoms with E-state index in [9.17, 15) is 0 Å². The highest BCUT2D eigenvalue weighted by molar-refractivity contribution is 5.83. The third kappa shape index (κ3) is 2.52. The summed E-state index contributed by atoms with van der Waals surface area (Å²) in [5.41, 5.74) is 1.38. The monoisotopic (exact) mass is 223 g/mol. The predicted octanol–water partition coefficient (Wildman–Crippen LogP) is 4.97. The zero-order chi connectivity index (χ0) is 11.5. The average molecular weight is 223 g/mol. The molecule has 0 aliphatic heterocycles. The van der Waals surface area contributed by atoms with Gasteiger partial charge >= 0.3 is 0 Å². The second-order valence-corrected chi connectivity index (χ2v) is 5.20. The van der Waals surface area contributed by atoms with Gasteiger partial charge in [0.2, 0.25) is 0 Å². The Hall–Kier alpha value is -1.30. The van der Waals surface area contributed by atoms with Gasteiger partial charge in [-0.1, -0.05) is 68.1 Å². The van der Waals surface area contributed by atoms with Crippen molar-refractivity contribution in [3.05, 3.63) is 54.4 Å². The second kappa shape index (κ2) is 4.91. The van der Waals surface area contributed by atoms with E-state index in [4.69, 9.17) is 0 Å². The molecular formula is C17H19. The van der Waals surface area contributed by atoms with Crippen molar-refractivity contribution in [3.63, 3.8) is 0 Å². The molecule has 0 heterocycles. The summed E-state index contributed by atoms with van der Waals surface area (Å²) in [5.74, 6) is 0.946. The van der Waals surface area contributed by atoms with E-state index in [0.29, 0.717) is 0 Å². The van der Waals surface area contributed by atoms with E-state index >= 15 is 0 Å². The van der Waals surface area contributed by atoms with Crippen LogP contribution in [-0.2, 0) is 0 Å². The molecule has 0 unspecified atom stereocenters. The van der Waals surface area contributed by atoms with E-state index in [0.717, 1.165) is 5.92 Å². The van der Waals surface area contributed by atoms with Crippen molar-refractivity contribution in [2.24, 2.45) is 5.92 Å². The van der Waals surface area contributed by atoms with Crippen LogP contribution in [0.4, 0.5) is 0 Å². The van der Waals surface area contributed by atoms with E-state index in [-0.39, 0.29) is 0 Å². The third-order valence-corrected chi connectivity index (χ3v) is 3.94. The molecule has 1 aliphatic carbocycles. The van der Waals surface area contributed by atoms with Crippen molar-refractivity contribution in [3.8, 4) is 0 Å². The fraction of sp³-hybridized carbons (Fsp3) is 0.353. The van der Waals surface area contributed by atoms with Gasteiger partial charge in [-0.15, -0.1) is 0 Å². The molecule has 0 nitrogen and oxygen atoms in total. The lowest BCUT2D eigenvalue weighted by atomic mass is 9.97. The lowest BCUT2D eigenvalue weighted by Crippen LogP contribution is -1.94. The topological polar surface area (TPSA) is 0 Å². The molecule has 0 saturated heterocycles. The Morgan fingerprint density at radius 2 is 1.71 bits per heavy atom. The van der Waals surface area contributed by atoms with Gasteiger partial charge in [0.25, 0.3) is 0 Å². The van der Waals surface area contributed by atoms with Crippen LogP contribution in [0, 0.1) is 12.3 Å². The first kappa shape index (κ1) is 10.8. The molecule has 2 aromatic rings. The molecule has 87 valence electrons. The lowest BCUT2D eigenvalue weighted by Gasteiger charge is -2.08. The van der Waals surface area contributed by atoms with E-state index in [1.165, 1.54) is 48.4 Å². The summed E-state index contributed by atoms with van der Waals surface area (Å²) in [5, 5.41) is 2.69. The molecule has 3 rings (SSSR count). The van der Waals surface area contributed by atoms with Crippen molar-refractivity contribution in [2.45, 2.75) is 32.1 Å². The summed E-state index contributed by atoms with van der Waals surface area (Å²) in [6, 6.07) is 15.4. The summed E-state index contributed by atoms with van der Waals surface area (Å²) in [7, 11) is 0. The molecule has 17 heavy (non-hydrogen) atoms. The van der Waals surface area contributed by atoms with E-state index in [2.05, 4.69) is 48.9 Å². The molecule has 0 amide bonds. The maximum absolute atomic E-state index is 2.42. The average Bonchev–Trinajstić information content (AvgIpc) is 2.89. The third-order valence-electron chi connectivity index (χ3n) is 3.94. The molecule has 0 bridgehead atoms. The van der Waals surface area contributed by atoms with Gasteiger partial charge in [-0.05, 0) is 35.1 Å². The molecule has 0 aromatic heterocycles. The van der Waals surface area contributed by atoms with Gasteiger partial charge in [-0.2, -0.15) is 0 Å². The highest BCUT2D eigenvalue weighted by atomic mass is 14.2. The standard InChI is InChI=1S/C17H19/c1-2-6-14(5-1)9-10-15-11-12-16-7-3-4-8-17(16)13-15/h3-4,7-8,10-14H,1-2,5-6,9H2. The fourth-order valence-corrected chi connectivity index (χ4v) is 2.88. The van der Waals surface area contributed by atoms with Crippen molar-refractivity contribution in [1.29, 1.82) is 0 Å². The highest BCUT2D eigenvalue weighted by Crippen LogP contribution is 2.29. The first-order valence-corrected chi connectivity index (χ1v) is 6.74. The maximum atomic E-state index is 2.42. The van der Waals surface area contributed by atoms with Crippen LogP contribution in [0.3, 0.4) is 0 Å². The molecular weight excluding hydrogens is 204 g/mol. The van der Waals surface area contributed by atoms with Crippen LogP contribution < -0.4 is 0 Å². The van der Waals surface area contributed by atoms with Gasteiger partial charge in [0, 0.05) is 0 Å². The van der Waals surface area contributed by atoms with Crippen molar-refractivity contribution in [2.75, 3.05) is 0 Å². The Bertz CT molecular complexity index is 492. The first-order valence-electron chi connectivity index (χ1n) is 6.74. The normalized spacial score (nSPS) is 16.7. The predicted molar refractivity (Wildman–Crippen MR) is 73.9 cm³/mol. The Labute approximate surface area is 104 Å². The summed E-state index contributed by atoms with van der Waals surface area (Å²) < 4.78 is 0. The second-order valence-electron chi connectivity index (χ2n) is 5.20. The highest BCUT2D eigenvalue weighted by Gasteiger charge is 2.14. The molecule has 0 N–H and O–H groups in total. The van der Waals surface area contributed by atoms with Crippen LogP contribution in [0.1, 0.15) is 37.7 Å². The number of fused-ring (bicyclic) bond motifs is 1. The Morgan fingerprint density at radius 3 is 2.53 bits per heavy atom. The first-order chi connectivity index (χ1) is 8.42. The summed E-state index contributed by atoms with van der Waals surface area (Å²) in [6.07, 6.45) is 9.43. The quantitative estimate of drug-likeness (QED) is 0.689. The number of hydrogen-bond acceptors (Lipinski definition) is 0. The molecule has 0 atom stereocenters. The Kier molecular flexibility index (Phi) is 3.13. The molecule has 2 aromatic carbocycles. The van der Waals surface area contributed by atoms with Gasteiger partial charge in [0.15, 0.2) is 0 Å². The van der Waals surface area contributed by atoms with Crippen LogP contribution in [-0.4, -0.2) is 0 Å². The van der Waals surface area contributed by atoms with Gasteiger partial charge < -0.3 is 0 Å². The SMILES string of the molecule is [CH](CC1CCCC1)c1ccc2ccccc2c1. The lowest BCUT2D eigenvalue weighted by molar-refractivity contribution is 0.544.